The molecule has 0 atom stereocenters. The van der Waals surface area contributed by atoms with Crippen molar-refractivity contribution in [1.29, 1.82) is 0 Å². The fourth-order valence-corrected chi connectivity index (χ4v) is 1.85. The molecule has 1 rings (SSSR count). The van der Waals surface area contributed by atoms with Crippen LogP contribution < -0.4 is 9.47 Å². The minimum absolute atomic E-state index is 0.168. The predicted molar refractivity (Wildman–Crippen MR) is 104 cm³/mol. The maximum absolute atomic E-state index is 11.3. The Labute approximate surface area is 165 Å². The highest BCUT2D eigenvalue weighted by atomic mass is 16.6. The number of hydrogen-bond donors (Lipinski definition) is 0. The summed E-state index contributed by atoms with van der Waals surface area (Å²) < 4.78 is 26.6. The van der Waals surface area contributed by atoms with Crippen LogP contribution in [0, 0.1) is 0 Å². The molecule has 0 radical (unpaired) electrons. The Kier molecular flexibility index (Phi) is 11.1. The standard InChI is InChI=1S/C21H28O7/c1-16(2)20(22)27-11-7-10-25-18-8-5-6-9-19(18)26-14-12-24-13-15-28-21(23)17(3)4/h5-6,8-9H,1,3,7,10-15H2,2,4H3. The van der Waals surface area contributed by atoms with E-state index in [0.717, 1.165) is 0 Å². The average molecular weight is 392 g/mol. The Morgan fingerprint density at radius 2 is 1.25 bits per heavy atom. The Balaban J connectivity index is 2.21. The molecule has 28 heavy (non-hydrogen) atoms. The summed E-state index contributed by atoms with van der Waals surface area (Å²) in [5, 5.41) is 0. The molecule has 0 aromatic heterocycles. The summed E-state index contributed by atoms with van der Waals surface area (Å²) >= 11 is 0. The zero-order valence-electron chi connectivity index (χ0n) is 16.5. The summed E-state index contributed by atoms with van der Waals surface area (Å²) in [7, 11) is 0. The summed E-state index contributed by atoms with van der Waals surface area (Å²) in [6.45, 7) is 12.0. The van der Waals surface area contributed by atoms with E-state index in [-0.39, 0.29) is 19.8 Å². The van der Waals surface area contributed by atoms with Crippen molar-refractivity contribution in [3.63, 3.8) is 0 Å². The highest BCUT2D eigenvalue weighted by Crippen LogP contribution is 2.26. The van der Waals surface area contributed by atoms with Crippen LogP contribution in [0.15, 0.2) is 48.6 Å². The van der Waals surface area contributed by atoms with Gasteiger partial charge < -0.3 is 23.7 Å². The highest BCUT2D eigenvalue weighted by Gasteiger charge is 2.06. The number of carbonyl (C=O) groups excluding carboxylic acids is 2. The fraction of sp³-hybridized carbons (Fsp3) is 0.429. The molecule has 0 aliphatic heterocycles. The van der Waals surface area contributed by atoms with Crippen LogP contribution in [0.3, 0.4) is 0 Å². The van der Waals surface area contributed by atoms with E-state index in [2.05, 4.69) is 13.2 Å². The first-order chi connectivity index (χ1) is 13.4. The van der Waals surface area contributed by atoms with Gasteiger partial charge in [-0.15, -0.1) is 0 Å². The van der Waals surface area contributed by atoms with Gasteiger partial charge in [0.2, 0.25) is 0 Å². The van der Waals surface area contributed by atoms with Crippen molar-refractivity contribution in [3.05, 3.63) is 48.6 Å². The number of benzene rings is 1. The molecule has 0 fully saturated rings. The minimum atomic E-state index is -0.430. The Morgan fingerprint density at radius 3 is 1.82 bits per heavy atom. The maximum atomic E-state index is 11.3. The summed E-state index contributed by atoms with van der Waals surface area (Å²) in [4.78, 5) is 22.5. The van der Waals surface area contributed by atoms with Crippen LogP contribution in [-0.2, 0) is 23.8 Å². The number of esters is 2. The monoisotopic (exact) mass is 392 g/mol. The first kappa shape index (κ1) is 23.2. The fourth-order valence-electron chi connectivity index (χ4n) is 1.85. The van der Waals surface area contributed by atoms with E-state index in [1.807, 2.05) is 12.1 Å². The lowest BCUT2D eigenvalue weighted by Gasteiger charge is -2.13. The third-order valence-electron chi connectivity index (χ3n) is 3.27. The van der Waals surface area contributed by atoms with E-state index in [0.29, 0.717) is 48.9 Å². The van der Waals surface area contributed by atoms with Crippen molar-refractivity contribution in [2.24, 2.45) is 0 Å². The van der Waals surface area contributed by atoms with Crippen molar-refractivity contribution in [3.8, 4) is 11.5 Å². The molecule has 0 spiro atoms. The Hall–Kier alpha value is -2.80. The van der Waals surface area contributed by atoms with E-state index in [9.17, 15) is 9.59 Å². The third kappa shape index (κ3) is 9.78. The highest BCUT2D eigenvalue weighted by molar-refractivity contribution is 5.87. The van der Waals surface area contributed by atoms with Gasteiger partial charge in [-0.25, -0.2) is 9.59 Å². The van der Waals surface area contributed by atoms with Crippen molar-refractivity contribution in [2.45, 2.75) is 20.3 Å². The van der Waals surface area contributed by atoms with Crippen molar-refractivity contribution in [1.82, 2.24) is 0 Å². The zero-order valence-corrected chi connectivity index (χ0v) is 16.5. The van der Waals surface area contributed by atoms with Crippen LogP contribution in [0.2, 0.25) is 0 Å². The molecule has 154 valence electrons. The van der Waals surface area contributed by atoms with Crippen LogP contribution in [-0.4, -0.2) is 51.6 Å². The smallest absolute Gasteiger partial charge is 0.333 e. The van der Waals surface area contributed by atoms with Gasteiger partial charge in [-0.05, 0) is 26.0 Å². The molecule has 1 aromatic rings. The topological polar surface area (TPSA) is 80.3 Å². The van der Waals surface area contributed by atoms with Gasteiger partial charge in [0.05, 0.1) is 26.4 Å². The number of ether oxygens (including phenoxy) is 5. The lowest BCUT2D eigenvalue weighted by atomic mass is 10.3. The molecule has 0 saturated carbocycles. The number of para-hydroxylation sites is 2. The van der Waals surface area contributed by atoms with E-state index in [1.165, 1.54) is 0 Å². The number of carbonyl (C=O) groups is 2. The van der Waals surface area contributed by atoms with Crippen molar-refractivity contribution < 1.29 is 33.3 Å². The molecule has 0 aliphatic rings. The van der Waals surface area contributed by atoms with E-state index < -0.39 is 11.9 Å². The summed E-state index contributed by atoms with van der Waals surface area (Å²) in [6, 6.07) is 7.28. The summed E-state index contributed by atoms with van der Waals surface area (Å²) in [6.07, 6.45) is 0.555. The van der Waals surface area contributed by atoms with Gasteiger partial charge in [0.25, 0.3) is 0 Å². The molecule has 7 heteroatoms. The zero-order chi connectivity index (χ0) is 20.8. The van der Waals surface area contributed by atoms with E-state index in [4.69, 9.17) is 23.7 Å². The van der Waals surface area contributed by atoms with Gasteiger partial charge in [-0.2, -0.15) is 0 Å². The molecular formula is C21H28O7. The SMILES string of the molecule is C=C(C)C(=O)OCCCOc1ccccc1OCCOCCOC(=O)C(=C)C. The van der Waals surface area contributed by atoms with Crippen LogP contribution in [0.4, 0.5) is 0 Å². The van der Waals surface area contributed by atoms with Crippen molar-refractivity contribution in [2.75, 3.05) is 39.6 Å². The molecule has 0 amide bonds. The second-order valence-corrected chi connectivity index (χ2v) is 5.94. The van der Waals surface area contributed by atoms with Crippen molar-refractivity contribution >= 4 is 11.9 Å². The largest absolute Gasteiger partial charge is 0.490 e. The van der Waals surface area contributed by atoms with Gasteiger partial charge in [0, 0.05) is 17.6 Å². The quantitative estimate of drug-likeness (QED) is 0.273. The lowest BCUT2D eigenvalue weighted by molar-refractivity contribution is -0.140. The molecule has 7 nitrogen and oxygen atoms in total. The van der Waals surface area contributed by atoms with E-state index in [1.54, 1.807) is 26.0 Å². The maximum Gasteiger partial charge on any atom is 0.333 e. The molecule has 0 saturated heterocycles. The molecule has 0 unspecified atom stereocenters. The van der Waals surface area contributed by atoms with E-state index >= 15 is 0 Å². The third-order valence-corrected chi connectivity index (χ3v) is 3.27. The molecule has 0 bridgehead atoms. The van der Waals surface area contributed by atoms with Crippen LogP contribution >= 0.6 is 0 Å². The number of rotatable bonds is 14. The Morgan fingerprint density at radius 1 is 0.750 bits per heavy atom. The second-order valence-electron chi connectivity index (χ2n) is 5.94. The van der Waals surface area contributed by atoms with Gasteiger partial charge >= 0.3 is 11.9 Å². The summed E-state index contributed by atoms with van der Waals surface area (Å²) in [5.41, 5.74) is 0.727. The number of hydrogen-bond acceptors (Lipinski definition) is 7. The molecule has 0 heterocycles. The molecule has 1 aromatic carbocycles. The van der Waals surface area contributed by atoms with Crippen LogP contribution in [0.25, 0.3) is 0 Å². The second kappa shape index (κ2) is 13.4. The molecule has 0 aliphatic carbocycles. The van der Waals surface area contributed by atoms with Gasteiger partial charge in [0.15, 0.2) is 11.5 Å². The first-order valence-electron chi connectivity index (χ1n) is 8.99. The summed E-state index contributed by atoms with van der Waals surface area (Å²) in [5.74, 6) is 0.362. The van der Waals surface area contributed by atoms with Gasteiger partial charge in [-0.3, -0.25) is 0 Å². The first-order valence-corrected chi connectivity index (χ1v) is 8.99. The lowest BCUT2D eigenvalue weighted by Crippen LogP contribution is -2.14. The average Bonchev–Trinajstić information content (AvgIpc) is 2.67. The van der Waals surface area contributed by atoms with Gasteiger partial charge in [-0.1, -0.05) is 25.3 Å². The normalized spacial score (nSPS) is 10.1. The van der Waals surface area contributed by atoms with Crippen LogP contribution in [0.5, 0.6) is 11.5 Å². The van der Waals surface area contributed by atoms with Crippen LogP contribution in [0.1, 0.15) is 20.3 Å². The molecule has 0 N–H and O–H groups in total. The molecular weight excluding hydrogens is 364 g/mol. The predicted octanol–water partition coefficient (Wildman–Crippen LogP) is 3.09. The minimum Gasteiger partial charge on any atom is -0.490 e. The Bertz CT molecular complexity index is 666. The van der Waals surface area contributed by atoms with Gasteiger partial charge in [0.1, 0.15) is 13.2 Å².